The van der Waals surface area contributed by atoms with E-state index in [9.17, 15) is 18.1 Å². The number of ether oxygens (including phenoxy) is 2. The first-order valence-corrected chi connectivity index (χ1v) is 6.20. The lowest BCUT2D eigenvalue weighted by Gasteiger charge is -2.08. The normalized spacial score (nSPS) is 12.1. The Morgan fingerprint density at radius 1 is 1.47 bits per heavy atom. The monoisotopic (exact) mass is 284 g/mol. The number of methoxy groups -OCH3 is 1. The van der Waals surface area contributed by atoms with Crippen LogP contribution in [0.25, 0.3) is 0 Å². The van der Waals surface area contributed by atoms with E-state index in [0.29, 0.717) is 0 Å². The van der Waals surface area contributed by atoms with Gasteiger partial charge < -0.3 is 14.0 Å². The third kappa shape index (κ3) is 3.72. The van der Waals surface area contributed by atoms with Gasteiger partial charge in [0.25, 0.3) is 0 Å². The van der Waals surface area contributed by atoms with Crippen molar-refractivity contribution in [3.05, 3.63) is 23.8 Å². The molecule has 0 aliphatic heterocycles. The maximum absolute atomic E-state index is 13.3. The predicted molar refractivity (Wildman–Crippen MR) is 56.1 cm³/mol. The number of carbonyl (C=O) groups excluding carboxylic acids is 1. The maximum atomic E-state index is 13.3. The van der Waals surface area contributed by atoms with Crippen molar-refractivity contribution in [3.8, 4) is 5.75 Å². The molecule has 0 radical (unpaired) electrons. The quantitative estimate of drug-likeness (QED) is 0.625. The van der Waals surface area contributed by atoms with Crippen molar-refractivity contribution in [2.24, 2.45) is 0 Å². The molecule has 1 unspecified atom stereocenters. The van der Waals surface area contributed by atoms with Crippen LogP contribution in [0.4, 0.5) is 8.78 Å². The molecule has 1 rings (SSSR count). The van der Waals surface area contributed by atoms with E-state index in [1.807, 2.05) is 0 Å². The van der Waals surface area contributed by atoms with Crippen LogP contribution in [0.1, 0.15) is 0 Å². The lowest BCUT2D eigenvalue weighted by Crippen LogP contribution is -2.14. The number of benzene rings is 1. The molecule has 1 atom stereocenters. The smallest absolute Gasteiger partial charge is 0.343 e. The second-order valence-corrected chi connectivity index (χ2v) is 4.56. The van der Waals surface area contributed by atoms with Crippen LogP contribution in [0.2, 0.25) is 0 Å². The Balaban J connectivity index is 2.90. The lowest BCUT2D eigenvalue weighted by molar-refractivity contribution is -0.143. The summed E-state index contributed by atoms with van der Waals surface area (Å²) in [6, 6.07) is 1.53. The van der Waals surface area contributed by atoms with E-state index in [0.717, 1.165) is 19.2 Å². The standard InChI is InChI=1S/C9H7ClF2O4S/c1-15-8(13)4-16-9-6(11)2-5(17(10)14)3-7(9)12/h2-3H,4H2,1H3. The Bertz CT molecular complexity index is 404. The summed E-state index contributed by atoms with van der Waals surface area (Å²) in [6.45, 7) is -0.631. The van der Waals surface area contributed by atoms with Crippen LogP contribution in [0.3, 0.4) is 0 Å². The van der Waals surface area contributed by atoms with Gasteiger partial charge >= 0.3 is 5.97 Å². The van der Waals surface area contributed by atoms with E-state index in [4.69, 9.17) is 10.7 Å². The molecule has 1 aromatic rings. The molecule has 1 aromatic carbocycles. The minimum atomic E-state index is -2.03. The van der Waals surface area contributed by atoms with Crippen LogP contribution in [0, 0.1) is 11.6 Å². The lowest BCUT2D eigenvalue weighted by atomic mass is 10.3. The largest absolute Gasteiger partial charge is 0.594 e. The van der Waals surface area contributed by atoms with E-state index in [2.05, 4.69) is 9.47 Å². The zero-order valence-corrected chi connectivity index (χ0v) is 10.1. The third-order valence-corrected chi connectivity index (χ3v) is 2.86. The second kappa shape index (κ2) is 6.04. The SMILES string of the molecule is COC(=O)COc1c(F)cc([S+]([O-])Cl)cc1F. The summed E-state index contributed by atoms with van der Waals surface area (Å²) in [4.78, 5) is 10.5. The fourth-order valence-electron chi connectivity index (χ4n) is 0.957. The molecule has 0 aromatic heterocycles. The van der Waals surface area contributed by atoms with E-state index in [-0.39, 0.29) is 4.90 Å². The van der Waals surface area contributed by atoms with Crippen LogP contribution in [0.5, 0.6) is 5.75 Å². The number of halogens is 3. The van der Waals surface area contributed by atoms with E-state index >= 15 is 0 Å². The van der Waals surface area contributed by atoms with Gasteiger partial charge in [0.05, 0.1) is 7.11 Å². The maximum Gasteiger partial charge on any atom is 0.343 e. The van der Waals surface area contributed by atoms with Crippen molar-refractivity contribution in [2.45, 2.75) is 4.90 Å². The van der Waals surface area contributed by atoms with Gasteiger partial charge in [-0.25, -0.2) is 13.6 Å². The first kappa shape index (κ1) is 14.0. The number of hydrogen-bond donors (Lipinski definition) is 0. The van der Waals surface area contributed by atoms with Crippen LogP contribution in [0.15, 0.2) is 17.0 Å². The Hall–Kier alpha value is -1.05. The van der Waals surface area contributed by atoms with Crippen LogP contribution in [-0.4, -0.2) is 24.2 Å². The van der Waals surface area contributed by atoms with Crippen molar-refractivity contribution in [1.29, 1.82) is 0 Å². The summed E-state index contributed by atoms with van der Waals surface area (Å²) in [5, 5.41) is 0. The van der Waals surface area contributed by atoms with Crippen molar-refractivity contribution in [3.63, 3.8) is 0 Å². The zero-order chi connectivity index (χ0) is 13.0. The molecule has 0 amide bonds. The van der Waals surface area contributed by atoms with Crippen molar-refractivity contribution < 1.29 is 27.6 Å². The first-order valence-electron chi connectivity index (χ1n) is 4.22. The van der Waals surface area contributed by atoms with Gasteiger partial charge in [0.2, 0.25) is 0 Å². The van der Waals surface area contributed by atoms with Crippen LogP contribution >= 0.6 is 10.7 Å². The van der Waals surface area contributed by atoms with Gasteiger partial charge in [-0.15, -0.1) is 0 Å². The Labute approximate surface area is 103 Å². The molecule has 0 bridgehead atoms. The molecule has 17 heavy (non-hydrogen) atoms. The van der Waals surface area contributed by atoms with Crippen molar-refractivity contribution >= 4 is 27.0 Å². The van der Waals surface area contributed by atoms with Crippen LogP contribution in [-0.2, 0) is 19.9 Å². The molecule has 4 nitrogen and oxygen atoms in total. The topological polar surface area (TPSA) is 58.6 Å². The summed E-state index contributed by atoms with van der Waals surface area (Å²) in [5.41, 5.74) is 0. The Kier molecular flexibility index (Phi) is 4.98. The minimum absolute atomic E-state index is 0.230. The van der Waals surface area contributed by atoms with Crippen LogP contribution < -0.4 is 4.74 Å². The summed E-state index contributed by atoms with van der Waals surface area (Å²) in [5.74, 6) is -3.73. The highest BCUT2D eigenvalue weighted by atomic mass is 35.7. The van der Waals surface area contributed by atoms with Gasteiger partial charge in [-0.3, -0.25) is 0 Å². The zero-order valence-electron chi connectivity index (χ0n) is 8.54. The molecule has 94 valence electrons. The van der Waals surface area contributed by atoms with Gasteiger partial charge in [-0.05, 0) is 0 Å². The summed E-state index contributed by atoms with van der Waals surface area (Å²) < 4.78 is 46.3. The first-order chi connectivity index (χ1) is 7.95. The molecule has 0 N–H and O–H groups in total. The van der Waals surface area contributed by atoms with Gasteiger partial charge in [-0.2, -0.15) is 0 Å². The van der Waals surface area contributed by atoms with Crippen molar-refractivity contribution in [2.75, 3.05) is 13.7 Å². The molecule has 0 saturated carbocycles. The highest BCUT2D eigenvalue weighted by Gasteiger charge is 2.19. The highest BCUT2D eigenvalue weighted by molar-refractivity contribution is 8.13. The number of esters is 1. The summed E-state index contributed by atoms with van der Waals surface area (Å²) in [6.07, 6.45) is 0. The second-order valence-electron chi connectivity index (χ2n) is 2.80. The molecule has 0 aliphatic rings. The Morgan fingerprint density at radius 3 is 2.41 bits per heavy atom. The average Bonchev–Trinajstić information content (AvgIpc) is 2.27. The summed E-state index contributed by atoms with van der Waals surface area (Å²) >= 11 is 0. The van der Waals surface area contributed by atoms with Gasteiger partial charge in [-0.1, -0.05) is 0 Å². The number of hydrogen-bond acceptors (Lipinski definition) is 4. The van der Waals surface area contributed by atoms with Gasteiger partial charge in [0.1, 0.15) is 10.4 Å². The molecular formula is C9H7ClF2O4S. The van der Waals surface area contributed by atoms with Gasteiger partial charge in [0.15, 0.2) is 39.6 Å². The van der Waals surface area contributed by atoms with E-state index in [1.165, 1.54) is 0 Å². The van der Waals surface area contributed by atoms with Crippen molar-refractivity contribution in [1.82, 2.24) is 0 Å². The predicted octanol–water partition coefficient (Wildman–Crippen LogP) is 1.78. The number of rotatable bonds is 4. The molecular weight excluding hydrogens is 278 g/mol. The number of carbonyl (C=O) groups is 1. The molecule has 0 aliphatic carbocycles. The minimum Gasteiger partial charge on any atom is -0.594 e. The van der Waals surface area contributed by atoms with E-state index < -0.39 is 40.3 Å². The molecule has 0 heterocycles. The molecule has 0 fully saturated rings. The molecule has 0 spiro atoms. The molecule has 0 saturated heterocycles. The average molecular weight is 285 g/mol. The summed E-state index contributed by atoms with van der Waals surface area (Å²) in [7, 11) is 4.26. The van der Waals surface area contributed by atoms with E-state index in [1.54, 1.807) is 0 Å². The molecule has 8 heteroatoms. The van der Waals surface area contributed by atoms with Gasteiger partial charge in [0, 0.05) is 12.1 Å². The third-order valence-electron chi connectivity index (χ3n) is 1.72. The highest BCUT2D eigenvalue weighted by Crippen LogP contribution is 2.27. The fourth-order valence-corrected chi connectivity index (χ4v) is 1.62. The Morgan fingerprint density at radius 2 is 2.00 bits per heavy atom. The fraction of sp³-hybridized carbons (Fsp3) is 0.222.